The Morgan fingerprint density at radius 1 is 1.32 bits per heavy atom. The van der Waals surface area contributed by atoms with Crippen molar-refractivity contribution >= 4 is 11.9 Å². The van der Waals surface area contributed by atoms with E-state index < -0.39 is 35.1 Å². The molecule has 1 spiro atoms. The third kappa shape index (κ3) is 2.69. The van der Waals surface area contributed by atoms with Crippen LogP contribution < -0.4 is 0 Å². The molecule has 1 unspecified atom stereocenters. The Hall–Kier alpha value is -2.05. The van der Waals surface area contributed by atoms with Gasteiger partial charge in [-0.3, -0.25) is 9.59 Å². The molecule has 1 N–H and O–H groups in total. The monoisotopic (exact) mass is 355 g/mol. The molecule has 0 saturated heterocycles. The van der Waals surface area contributed by atoms with Gasteiger partial charge in [0.1, 0.15) is 0 Å². The van der Waals surface area contributed by atoms with Gasteiger partial charge in [0.2, 0.25) is 0 Å². The van der Waals surface area contributed by atoms with Gasteiger partial charge >= 0.3 is 12.1 Å². The van der Waals surface area contributed by atoms with Crippen LogP contribution in [-0.4, -0.2) is 28.9 Å². The van der Waals surface area contributed by atoms with E-state index in [0.29, 0.717) is 31.2 Å². The van der Waals surface area contributed by atoms with Gasteiger partial charge in [0.05, 0.1) is 17.0 Å². The highest BCUT2D eigenvalue weighted by Gasteiger charge is 2.50. The Balaban J connectivity index is 1.93. The summed E-state index contributed by atoms with van der Waals surface area (Å²) in [5, 5.41) is 9.18. The molecular formula is C18H20F3NO3. The fourth-order valence-corrected chi connectivity index (χ4v) is 4.28. The maximum Gasteiger partial charge on any atom is 0.416 e. The summed E-state index contributed by atoms with van der Waals surface area (Å²) in [6, 6.07) is 3.38. The van der Waals surface area contributed by atoms with Crippen molar-refractivity contribution in [3.05, 3.63) is 34.9 Å². The molecule has 1 aromatic rings. The lowest BCUT2D eigenvalue weighted by atomic mass is 9.69. The van der Waals surface area contributed by atoms with Crippen molar-refractivity contribution in [3.8, 4) is 0 Å². The minimum atomic E-state index is -4.49. The Morgan fingerprint density at radius 2 is 1.92 bits per heavy atom. The first kappa shape index (κ1) is 17.8. The van der Waals surface area contributed by atoms with E-state index in [2.05, 4.69) is 0 Å². The van der Waals surface area contributed by atoms with Crippen molar-refractivity contribution in [1.82, 2.24) is 4.90 Å². The van der Waals surface area contributed by atoms with Gasteiger partial charge in [-0.2, -0.15) is 13.2 Å². The number of nitrogens with zero attached hydrogens (tertiary/aromatic N) is 1. The second-order valence-corrected chi connectivity index (χ2v) is 7.12. The summed E-state index contributed by atoms with van der Waals surface area (Å²) in [4.78, 5) is 25.3. The Bertz CT molecular complexity index is 721. The van der Waals surface area contributed by atoms with E-state index in [1.165, 1.54) is 6.07 Å². The van der Waals surface area contributed by atoms with Crippen LogP contribution in [0, 0.1) is 11.8 Å². The molecule has 2 aliphatic rings. The highest BCUT2D eigenvalue weighted by Crippen LogP contribution is 2.51. The van der Waals surface area contributed by atoms with E-state index in [9.17, 15) is 27.9 Å². The smallest absolute Gasteiger partial charge is 0.416 e. The van der Waals surface area contributed by atoms with Crippen LogP contribution in [0.3, 0.4) is 0 Å². The molecular weight excluding hydrogens is 335 g/mol. The molecule has 1 atom stereocenters. The van der Waals surface area contributed by atoms with Gasteiger partial charge in [0.15, 0.2) is 0 Å². The number of alkyl halides is 3. The largest absolute Gasteiger partial charge is 0.481 e. The summed E-state index contributed by atoms with van der Waals surface area (Å²) in [5.74, 6) is -1.69. The van der Waals surface area contributed by atoms with Crippen molar-refractivity contribution < 1.29 is 27.9 Å². The minimum Gasteiger partial charge on any atom is -0.481 e. The molecule has 25 heavy (non-hydrogen) atoms. The van der Waals surface area contributed by atoms with Crippen LogP contribution in [0.5, 0.6) is 0 Å². The van der Waals surface area contributed by atoms with Gasteiger partial charge in [-0.1, -0.05) is 13.0 Å². The summed E-state index contributed by atoms with van der Waals surface area (Å²) in [7, 11) is 1.62. The standard InChI is InChI=1S/C18H20F3NO3/c1-10(16(24)25)11-5-7-17(8-6-11)14-4-3-12(18(19,20)21)9-13(14)15(23)22(17)2/h3-4,9-11H,5-8H2,1-2H3,(H,24,25). The molecule has 7 heteroatoms. The van der Waals surface area contributed by atoms with E-state index in [0.717, 1.165) is 12.1 Å². The van der Waals surface area contributed by atoms with E-state index in [1.54, 1.807) is 18.9 Å². The SMILES string of the molecule is CC(C(=O)O)C1CCC2(CC1)c1ccc(C(F)(F)F)cc1C(=O)N2C. The highest BCUT2D eigenvalue weighted by atomic mass is 19.4. The normalized spacial score (nSPS) is 27.5. The number of halogens is 3. The Labute approximate surface area is 143 Å². The van der Waals surface area contributed by atoms with Crippen LogP contribution in [0.4, 0.5) is 13.2 Å². The number of hydrogen-bond acceptors (Lipinski definition) is 2. The zero-order valence-corrected chi connectivity index (χ0v) is 14.1. The molecule has 1 aliphatic heterocycles. The van der Waals surface area contributed by atoms with Gasteiger partial charge in [0, 0.05) is 12.6 Å². The molecule has 1 heterocycles. The van der Waals surface area contributed by atoms with E-state index in [-0.39, 0.29) is 11.5 Å². The van der Waals surface area contributed by atoms with Crippen LogP contribution in [0.2, 0.25) is 0 Å². The number of rotatable bonds is 2. The van der Waals surface area contributed by atoms with Gasteiger partial charge in [0.25, 0.3) is 5.91 Å². The Kier molecular flexibility index (Phi) is 4.08. The molecule has 1 saturated carbocycles. The lowest BCUT2D eigenvalue weighted by Gasteiger charge is -2.43. The molecule has 0 bridgehead atoms. The predicted molar refractivity (Wildman–Crippen MR) is 84.0 cm³/mol. The number of carbonyl (C=O) groups is 2. The number of carboxylic acids is 1. The fourth-order valence-electron chi connectivity index (χ4n) is 4.28. The maximum absolute atomic E-state index is 12.9. The molecule has 0 aromatic heterocycles. The van der Waals surface area contributed by atoms with Crippen molar-refractivity contribution in [2.75, 3.05) is 7.05 Å². The van der Waals surface area contributed by atoms with Gasteiger partial charge < -0.3 is 10.0 Å². The van der Waals surface area contributed by atoms with Crippen LogP contribution in [0.25, 0.3) is 0 Å². The van der Waals surface area contributed by atoms with E-state index in [4.69, 9.17) is 0 Å². The summed E-state index contributed by atoms with van der Waals surface area (Å²) in [5.41, 5.74) is -0.694. The predicted octanol–water partition coefficient (Wildman–Crippen LogP) is 3.90. The third-order valence-electron chi connectivity index (χ3n) is 5.98. The molecule has 136 valence electrons. The van der Waals surface area contributed by atoms with Crippen LogP contribution >= 0.6 is 0 Å². The van der Waals surface area contributed by atoms with E-state index in [1.807, 2.05) is 0 Å². The zero-order chi connectivity index (χ0) is 18.6. The molecule has 0 radical (unpaired) electrons. The quantitative estimate of drug-likeness (QED) is 0.875. The van der Waals surface area contributed by atoms with E-state index >= 15 is 0 Å². The molecule has 1 fully saturated rings. The van der Waals surface area contributed by atoms with Crippen molar-refractivity contribution in [3.63, 3.8) is 0 Å². The first-order valence-electron chi connectivity index (χ1n) is 8.30. The van der Waals surface area contributed by atoms with Crippen LogP contribution in [0.1, 0.15) is 54.1 Å². The maximum atomic E-state index is 12.9. The van der Waals surface area contributed by atoms with Gasteiger partial charge in [-0.15, -0.1) is 0 Å². The number of aliphatic carboxylic acids is 1. The third-order valence-corrected chi connectivity index (χ3v) is 5.98. The zero-order valence-electron chi connectivity index (χ0n) is 14.1. The number of amides is 1. The molecule has 1 amide bonds. The summed E-state index contributed by atoms with van der Waals surface area (Å²) >= 11 is 0. The first-order chi connectivity index (χ1) is 11.6. The average molecular weight is 355 g/mol. The molecule has 4 nitrogen and oxygen atoms in total. The molecule has 1 aromatic carbocycles. The van der Waals surface area contributed by atoms with Crippen molar-refractivity contribution in [2.45, 2.75) is 44.3 Å². The number of fused-ring (bicyclic) bond motifs is 2. The first-order valence-corrected chi connectivity index (χ1v) is 8.30. The second-order valence-electron chi connectivity index (χ2n) is 7.12. The summed E-state index contributed by atoms with van der Waals surface area (Å²) in [6.07, 6.45) is -2.10. The Morgan fingerprint density at radius 3 is 2.44 bits per heavy atom. The molecule has 1 aliphatic carbocycles. The minimum absolute atomic E-state index is 0.0186. The topological polar surface area (TPSA) is 57.6 Å². The average Bonchev–Trinajstić information content (AvgIpc) is 2.76. The number of benzene rings is 1. The van der Waals surface area contributed by atoms with Crippen LogP contribution in [-0.2, 0) is 16.5 Å². The van der Waals surface area contributed by atoms with Gasteiger partial charge in [-0.05, 0) is 49.3 Å². The van der Waals surface area contributed by atoms with Crippen molar-refractivity contribution in [2.24, 2.45) is 11.8 Å². The molecule has 3 rings (SSSR count). The number of carbonyl (C=O) groups excluding carboxylic acids is 1. The van der Waals surface area contributed by atoms with Gasteiger partial charge in [-0.25, -0.2) is 0 Å². The number of carboxylic acid groups (broad SMARTS) is 1. The lowest BCUT2D eigenvalue weighted by Crippen LogP contribution is -2.44. The number of hydrogen-bond donors (Lipinski definition) is 1. The lowest BCUT2D eigenvalue weighted by molar-refractivity contribution is -0.143. The highest BCUT2D eigenvalue weighted by molar-refractivity contribution is 6.00. The van der Waals surface area contributed by atoms with Crippen LogP contribution in [0.15, 0.2) is 18.2 Å². The van der Waals surface area contributed by atoms with Crippen molar-refractivity contribution in [1.29, 1.82) is 0 Å². The second kappa shape index (κ2) is 5.75. The summed E-state index contributed by atoms with van der Waals surface area (Å²) in [6.45, 7) is 1.68. The fraction of sp³-hybridized carbons (Fsp3) is 0.556. The summed E-state index contributed by atoms with van der Waals surface area (Å²) < 4.78 is 38.8.